The van der Waals surface area contributed by atoms with Crippen molar-refractivity contribution in [2.75, 3.05) is 6.61 Å². The molecule has 4 nitrogen and oxygen atoms in total. The summed E-state index contributed by atoms with van der Waals surface area (Å²) in [6.45, 7) is 4.65. The molecule has 1 aromatic carbocycles. The van der Waals surface area contributed by atoms with Gasteiger partial charge in [0.2, 0.25) is 0 Å². The van der Waals surface area contributed by atoms with E-state index < -0.39 is 0 Å². The molecular weight excluding hydrogens is 424 g/mol. The van der Waals surface area contributed by atoms with Gasteiger partial charge in [0.1, 0.15) is 6.61 Å². The number of carbonyl (C=O) groups excluding carboxylic acids is 3. The van der Waals surface area contributed by atoms with Gasteiger partial charge in [-0.1, -0.05) is 49.8 Å². The number of hydrogen-bond acceptors (Lipinski definition) is 4. The van der Waals surface area contributed by atoms with Crippen LogP contribution in [0.15, 0.2) is 42.0 Å². The van der Waals surface area contributed by atoms with Gasteiger partial charge in [-0.3, -0.25) is 14.4 Å². The zero-order valence-corrected chi connectivity index (χ0v) is 20.7. The van der Waals surface area contributed by atoms with Gasteiger partial charge in [-0.25, -0.2) is 0 Å². The maximum Gasteiger partial charge on any atom is 0.306 e. The molecule has 4 aliphatic rings. The predicted octanol–water partition coefficient (Wildman–Crippen LogP) is 5.88. The fourth-order valence-electron chi connectivity index (χ4n) is 8.30. The van der Waals surface area contributed by atoms with Crippen LogP contribution in [0.2, 0.25) is 0 Å². The lowest BCUT2D eigenvalue weighted by atomic mass is 9.46. The molecule has 5 rings (SSSR count). The van der Waals surface area contributed by atoms with Gasteiger partial charge >= 0.3 is 5.97 Å². The number of rotatable bonds is 6. The van der Waals surface area contributed by atoms with Crippen molar-refractivity contribution in [3.05, 3.63) is 47.5 Å². The van der Waals surface area contributed by atoms with Gasteiger partial charge in [0.25, 0.3) is 0 Å². The molecule has 0 unspecified atom stereocenters. The summed E-state index contributed by atoms with van der Waals surface area (Å²) in [7, 11) is 0. The van der Waals surface area contributed by atoms with E-state index in [1.807, 2.05) is 36.4 Å². The van der Waals surface area contributed by atoms with Crippen molar-refractivity contribution in [2.24, 2.45) is 34.5 Å². The van der Waals surface area contributed by atoms with E-state index in [0.717, 1.165) is 50.5 Å². The summed E-state index contributed by atoms with van der Waals surface area (Å²) in [6.07, 6.45) is 11.0. The average molecular weight is 463 g/mol. The van der Waals surface area contributed by atoms with Gasteiger partial charge in [-0.05, 0) is 91.6 Å². The Morgan fingerprint density at radius 1 is 0.971 bits per heavy atom. The van der Waals surface area contributed by atoms with Crippen molar-refractivity contribution in [2.45, 2.75) is 78.1 Å². The molecular formula is C30H38O4. The molecule has 0 aromatic heterocycles. The number of carbonyl (C=O) groups is 3. The Hall–Kier alpha value is -2.23. The zero-order valence-electron chi connectivity index (χ0n) is 20.7. The van der Waals surface area contributed by atoms with E-state index in [2.05, 4.69) is 13.8 Å². The first-order valence-electron chi connectivity index (χ1n) is 13.3. The number of benzene rings is 1. The third-order valence-corrected chi connectivity index (χ3v) is 10.2. The fourth-order valence-corrected chi connectivity index (χ4v) is 8.30. The Labute approximate surface area is 203 Å². The summed E-state index contributed by atoms with van der Waals surface area (Å²) in [5, 5.41) is 0. The second-order valence-electron chi connectivity index (χ2n) is 11.8. The van der Waals surface area contributed by atoms with Crippen LogP contribution in [0.4, 0.5) is 0 Å². The highest BCUT2D eigenvalue weighted by atomic mass is 16.5. The Kier molecular flexibility index (Phi) is 6.29. The summed E-state index contributed by atoms with van der Waals surface area (Å²) in [5.74, 6) is 1.96. The molecule has 0 radical (unpaired) electrons. The van der Waals surface area contributed by atoms with Crippen molar-refractivity contribution in [1.29, 1.82) is 0 Å². The van der Waals surface area contributed by atoms with Crippen molar-refractivity contribution >= 4 is 17.5 Å². The fraction of sp³-hybridized carbons (Fsp3) is 0.633. The van der Waals surface area contributed by atoms with Gasteiger partial charge < -0.3 is 4.74 Å². The predicted molar refractivity (Wildman–Crippen MR) is 131 cm³/mol. The summed E-state index contributed by atoms with van der Waals surface area (Å²) < 4.78 is 5.44. The van der Waals surface area contributed by atoms with Crippen LogP contribution in [0.3, 0.4) is 0 Å². The smallest absolute Gasteiger partial charge is 0.306 e. The molecule has 0 N–H and O–H groups in total. The Morgan fingerprint density at radius 3 is 2.56 bits per heavy atom. The van der Waals surface area contributed by atoms with Crippen LogP contribution in [-0.2, 0) is 25.5 Å². The van der Waals surface area contributed by atoms with E-state index in [0.29, 0.717) is 42.8 Å². The van der Waals surface area contributed by atoms with Gasteiger partial charge in [0.05, 0.1) is 0 Å². The van der Waals surface area contributed by atoms with Crippen molar-refractivity contribution < 1.29 is 19.1 Å². The number of Topliss-reactive ketones (excluding diaryl/α,β-unsaturated/α-hetero) is 1. The second-order valence-corrected chi connectivity index (χ2v) is 11.8. The molecule has 4 aliphatic carbocycles. The molecule has 3 fully saturated rings. The summed E-state index contributed by atoms with van der Waals surface area (Å²) in [6, 6.07) is 9.90. The van der Waals surface area contributed by atoms with Gasteiger partial charge in [-0.2, -0.15) is 0 Å². The zero-order chi connectivity index (χ0) is 23.9. The van der Waals surface area contributed by atoms with E-state index in [1.165, 1.54) is 5.57 Å². The number of ether oxygens (including phenoxy) is 1. The van der Waals surface area contributed by atoms with Crippen molar-refractivity contribution in [3.63, 3.8) is 0 Å². The number of hydrogen-bond donors (Lipinski definition) is 0. The minimum absolute atomic E-state index is 0.00180. The summed E-state index contributed by atoms with van der Waals surface area (Å²) >= 11 is 0. The average Bonchev–Trinajstić information content (AvgIpc) is 3.19. The van der Waals surface area contributed by atoms with E-state index in [1.54, 1.807) is 0 Å². The Morgan fingerprint density at radius 2 is 1.76 bits per heavy atom. The van der Waals surface area contributed by atoms with Crippen LogP contribution in [0, 0.1) is 34.5 Å². The van der Waals surface area contributed by atoms with Crippen LogP contribution < -0.4 is 0 Å². The largest absolute Gasteiger partial charge is 0.458 e. The first kappa shape index (κ1) is 23.5. The van der Waals surface area contributed by atoms with E-state index in [9.17, 15) is 14.4 Å². The summed E-state index contributed by atoms with van der Waals surface area (Å²) in [5.41, 5.74) is 2.67. The minimum atomic E-state index is -0.285. The topological polar surface area (TPSA) is 60.4 Å². The lowest BCUT2D eigenvalue weighted by Gasteiger charge is -2.58. The third kappa shape index (κ3) is 4.07. The first-order valence-corrected chi connectivity index (χ1v) is 13.3. The molecule has 0 aliphatic heterocycles. The van der Waals surface area contributed by atoms with Gasteiger partial charge in [0.15, 0.2) is 11.6 Å². The van der Waals surface area contributed by atoms with E-state index in [4.69, 9.17) is 4.74 Å². The molecule has 182 valence electrons. The lowest BCUT2D eigenvalue weighted by molar-refractivity contribution is -0.151. The molecule has 3 saturated carbocycles. The normalized spacial score (nSPS) is 36.6. The second kappa shape index (κ2) is 9.09. The minimum Gasteiger partial charge on any atom is -0.458 e. The Bertz CT molecular complexity index is 994. The van der Waals surface area contributed by atoms with Crippen LogP contribution in [-0.4, -0.2) is 24.1 Å². The highest BCUT2D eigenvalue weighted by Gasteiger charge is 2.60. The maximum atomic E-state index is 13.2. The number of allylic oxidation sites excluding steroid dienone is 1. The van der Waals surface area contributed by atoms with Crippen molar-refractivity contribution in [3.8, 4) is 0 Å². The SMILES string of the molecule is C[C@]12CC[C@@H]3[C@H](CCC4=CC(=O)CC[C@]43C)[C@H]1CC[C@H]2C(=O)COC(=O)CCc1ccccc1. The van der Waals surface area contributed by atoms with Gasteiger partial charge in [-0.15, -0.1) is 0 Å². The molecule has 0 bridgehead atoms. The summed E-state index contributed by atoms with van der Waals surface area (Å²) in [4.78, 5) is 37.6. The van der Waals surface area contributed by atoms with Crippen LogP contribution >= 0.6 is 0 Å². The molecule has 4 heteroatoms. The molecule has 0 amide bonds. The quantitative estimate of drug-likeness (QED) is 0.495. The van der Waals surface area contributed by atoms with Crippen molar-refractivity contribution in [1.82, 2.24) is 0 Å². The molecule has 0 spiro atoms. The molecule has 6 atom stereocenters. The lowest BCUT2D eigenvalue weighted by Crippen LogP contribution is -2.51. The standard InChI is InChI=1S/C30H38O4/c1-29-16-14-22(31)18-21(29)9-10-23-24-11-12-26(30(24,2)17-15-25(23)29)27(32)19-34-28(33)13-8-20-6-4-3-5-7-20/h3-7,18,23-26H,8-17,19H2,1-2H3/t23-,24-,25-,26+,29-,30+/m1/s1. The third-order valence-electron chi connectivity index (χ3n) is 10.2. The highest BCUT2D eigenvalue weighted by Crippen LogP contribution is 2.66. The van der Waals surface area contributed by atoms with E-state index >= 15 is 0 Å². The van der Waals surface area contributed by atoms with E-state index in [-0.39, 0.29) is 35.1 Å². The molecule has 0 heterocycles. The number of fused-ring (bicyclic) bond motifs is 5. The number of aryl methyl sites for hydroxylation is 1. The number of esters is 1. The Balaban J connectivity index is 1.20. The first-order chi connectivity index (χ1) is 16.3. The maximum absolute atomic E-state index is 13.2. The number of ketones is 2. The highest BCUT2D eigenvalue weighted by molar-refractivity contribution is 5.91. The van der Waals surface area contributed by atoms with Crippen LogP contribution in [0.1, 0.15) is 77.2 Å². The van der Waals surface area contributed by atoms with Crippen LogP contribution in [0.5, 0.6) is 0 Å². The molecule has 1 aromatic rings. The molecule has 0 saturated heterocycles. The monoisotopic (exact) mass is 462 g/mol. The molecule has 34 heavy (non-hydrogen) atoms. The van der Waals surface area contributed by atoms with Gasteiger partial charge in [0, 0.05) is 18.8 Å². The van der Waals surface area contributed by atoms with Crippen LogP contribution in [0.25, 0.3) is 0 Å².